The highest BCUT2D eigenvalue weighted by atomic mass is 19.4. The van der Waals surface area contributed by atoms with E-state index in [1.807, 2.05) is 174 Å². The summed E-state index contributed by atoms with van der Waals surface area (Å²) in [5.41, 5.74) is 7.93. The second kappa shape index (κ2) is 17.4. The molecule has 0 radical (unpaired) electrons. The molecule has 326 valence electrons. The van der Waals surface area contributed by atoms with E-state index in [-0.39, 0.29) is 22.6 Å². The Morgan fingerprint density at radius 3 is 1.39 bits per heavy atom. The molecule has 7 nitrogen and oxygen atoms in total. The number of halogens is 3. The lowest BCUT2D eigenvalue weighted by Gasteiger charge is -2.22. The normalized spacial score (nSPS) is 11.4. The summed E-state index contributed by atoms with van der Waals surface area (Å²) in [4.78, 5) is 20.4. The minimum atomic E-state index is -4.81. The summed E-state index contributed by atoms with van der Waals surface area (Å²) in [5.74, 6) is 0.395. The molecule has 69 heavy (non-hydrogen) atoms. The van der Waals surface area contributed by atoms with Crippen LogP contribution in [-0.4, -0.2) is 24.5 Å². The molecule has 0 aliphatic heterocycles. The lowest BCUT2D eigenvalue weighted by atomic mass is 9.96. The summed E-state index contributed by atoms with van der Waals surface area (Å²) in [6.07, 6.45) is -4.81. The molecule has 11 rings (SSSR count). The first kappa shape index (κ1) is 42.1. The summed E-state index contributed by atoms with van der Waals surface area (Å²) in [6.45, 7) is 0. The van der Waals surface area contributed by atoms with E-state index in [4.69, 9.17) is 19.9 Å². The predicted octanol–water partition coefficient (Wildman–Crippen LogP) is 14.8. The number of aromatic nitrogens is 5. The average molecular weight is 898 g/mol. The van der Waals surface area contributed by atoms with Gasteiger partial charge in [-0.05, 0) is 71.8 Å². The van der Waals surface area contributed by atoms with Gasteiger partial charge < -0.3 is 4.57 Å². The standard InChI is InChI=1S/C59H34F3N7/c60-59(61,62)45-31-48(53-34-52(41-19-9-3-10-20-41)65-57(68-53)42-21-11-4-12-22-42)56(49(32-45)58-66-50(39-15-5-1-6-16-39)33-51(67-58)40-17-7-2-8-18-40)69-54-24-14-13-23-46(54)47-30-43(25-26-55(47)69)44-28-37(35-63)27-38(29-44)36-64/h1-34H. The van der Waals surface area contributed by atoms with Gasteiger partial charge in [-0.1, -0.05) is 146 Å². The van der Waals surface area contributed by atoms with Crippen LogP contribution in [0.1, 0.15) is 16.7 Å². The summed E-state index contributed by atoms with van der Waals surface area (Å²) in [7, 11) is 0. The van der Waals surface area contributed by atoms with Crippen LogP contribution in [-0.2, 0) is 6.18 Å². The van der Waals surface area contributed by atoms with Crippen LogP contribution in [0.25, 0.3) is 106 Å². The number of alkyl halides is 3. The van der Waals surface area contributed by atoms with Crippen molar-refractivity contribution in [3.63, 3.8) is 0 Å². The molecule has 0 saturated heterocycles. The van der Waals surface area contributed by atoms with E-state index >= 15 is 13.2 Å². The zero-order valence-electron chi connectivity index (χ0n) is 36.4. The summed E-state index contributed by atoms with van der Waals surface area (Å²) >= 11 is 0. The number of hydrogen-bond acceptors (Lipinski definition) is 6. The van der Waals surface area contributed by atoms with Gasteiger partial charge in [-0.3, -0.25) is 0 Å². The Balaban J connectivity index is 1.29. The molecule has 0 fully saturated rings. The first-order valence-electron chi connectivity index (χ1n) is 22.0. The van der Waals surface area contributed by atoms with E-state index < -0.39 is 11.7 Å². The summed E-state index contributed by atoms with van der Waals surface area (Å²) in [6, 6.07) is 66.6. The fourth-order valence-electron chi connectivity index (χ4n) is 8.86. The molecule has 11 aromatic rings. The third-order valence-corrected chi connectivity index (χ3v) is 12.1. The molecule has 0 unspecified atom stereocenters. The Hall–Kier alpha value is -9.51. The molecule has 3 heterocycles. The highest BCUT2D eigenvalue weighted by molar-refractivity contribution is 6.11. The topological polar surface area (TPSA) is 104 Å². The second-order valence-corrected chi connectivity index (χ2v) is 16.4. The minimum absolute atomic E-state index is 0.0677. The second-order valence-electron chi connectivity index (χ2n) is 16.4. The van der Waals surface area contributed by atoms with Gasteiger partial charge in [-0.15, -0.1) is 0 Å². The molecule has 10 heteroatoms. The van der Waals surface area contributed by atoms with Crippen LogP contribution in [0.5, 0.6) is 0 Å². The molecular weight excluding hydrogens is 864 g/mol. The number of rotatable bonds is 8. The van der Waals surface area contributed by atoms with Crippen LogP contribution < -0.4 is 0 Å². The lowest BCUT2D eigenvalue weighted by molar-refractivity contribution is -0.137. The van der Waals surface area contributed by atoms with E-state index in [1.54, 1.807) is 24.3 Å². The highest BCUT2D eigenvalue weighted by Crippen LogP contribution is 2.46. The molecule has 3 aromatic heterocycles. The number of para-hydroxylation sites is 1. The van der Waals surface area contributed by atoms with Crippen molar-refractivity contribution in [3.8, 4) is 96.8 Å². The molecule has 0 bridgehead atoms. The molecule has 0 saturated carbocycles. The van der Waals surface area contributed by atoms with Gasteiger partial charge in [-0.25, -0.2) is 19.9 Å². The zero-order valence-corrected chi connectivity index (χ0v) is 36.4. The Bertz CT molecular complexity index is 3540. The maximum Gasteiger partial charge on any atom is 0.416 e. The van der Waals surface area contributed by atoms with Crippen LogP contribution >= 0.6 is 0 Å². The van der Waals surface area contributed by atoms with Crippen molar-refractivity contribution in [2.24, 2.45) is 0 Å². The van der Waals surface area contributed by atoms with Crippen molar-refractivity contribution < 1.29 is 13.2 Å². The molecular formula is C59H34F3N7. The summed E-state index contributed by atoms with van der Waals surface area (Å²) < 4.78 is 49.2. The quantitative estimate of drug-likeness (QED) is 0.150. The van der Waals surface area contributed by atoms with Gasteiger partial charge >= 0.3 is 6.18 Å². The number of hydrogen-bond donors (Lipinski definition) is 0. The monoisotopic (exact) mass is 897 g/mol. The van der Waals surface area contributed by atoms with Crippen molar-refractivity contribution >= 4 is 21.8 Å². The Morgan fingerprint density at radius 1 is 0.377 bits per heavy atom. The van der Waals surface area contributed by atoms with Gasteiger partial charge in [0.2, 0.25) is 0 Å². The molecule has 0 amide bonds. The van der Waals surface area contributed by atoms with E-state index in [0.29, 0.717) is 61.9 Å². The largest absolute Gasteiger partial charge is 0.416 e. The Labute approximate surface area is 394 Å². The first-order chi connectivity index (χ1) is 33.7. The lowest BCUT2D eigenvalue weighted by Crippen LogP contribution is -2.11. The number of fused-ring (bicyclic) bond motifs is 3. The minimum Gasteiger partial charge on any atom is -0.308 e. The van der Waals surface area contributed by atoms with Crippen molar-refractivity contribution in [2.75, 3.05) is 0 Å². The van der Waals surface area contributed by atoms with Crippen LogP contribution in [0.3, 0.4) is 0 Å². The number of nitrogens with zero attached hydrogens (tertiary/aromatic N) is 7. The van der Waals surface area contributed by atoms with E-state index in [1.165, 1.54) is 0 Å². The number of benzene rings is 8. The van der Waals surface area contributed by atoms with Crippen molar-refractivity contribution in [1.29, 1.82) is 10.5 Å². The van der Waals surface area contributed by atoms with Gasteiger partial charge in [0.25, 0.3) is 0 Å². The molecule has 0 aliphatic rings. The third-order valence-electron chi connectivity index (χ3n) is 12.1. The first-order valence-corrected chi connectivity index (χ1v) is 22.0. The summed E-state index contributed by atoms with van der Waals surface area (Å²) in [5, 5.41) is 21.3. The SMILES string of the molecule is N#Cc1cc(C#N)cc(-c2ccc3c(c2)c2ccccc2n3-c2c(-c3cc(-c4ccccc4)nc(-c4ccccc4)n3)cc(C(F)(F)F)cc2-c2nc(-c3ccccc3)cc(-c3ccccc3)n2)c1. The van der Waals surface area contributed by atoms with Crippen LogP contribution in [0, 0.1) is 22.7 Å². The van der Waals surface area contributed by atoms with Gasteiger partial charge in [-0.2, -0.15) is 23.7 Å². The smallest absolute Gasteiger partial charge is 0.308 e. The molecule has 0 spiro atoms. The molecule has 0 N–H and O–H groups in total. The van der Waals surface area contributed by atoms with Crippen LogP contribution in [0.15, 0.2) is 206 Å². The number of nitriles is 2. The highest BCUT2D eigenvalue weighted by Gasteiger charge is 2.35. The molecule has 0 aliphatic carbocycles. The van der Waals surface area contributed by atoms with Gasteiger partial charge in [0, 0.05) is 44.2 Å². The van der Waals surface area contributed by atoms with Crippen molar-refractivity contribution in [3.05, 3.63) is 223 Å². The fraction of sp³-hybridized carbons (Fsp3) is 0.0169. The third kappa shape index (κ3) is 8.03. The van der Waals surface area contributed by atoms with Crippen molar-refractivity contribution in [2.45, 2.75) is 6.18 Å². The van der Waals surface area contributed by atoms with Crippen LogP contribution in [0.4, 0.5) is 13.2 Å². The van der Waals surface area contributed by atoms with Crippen LogP contribution in [0.2, 0.25) is 0 Å². The predicted molar refractivity (Wildman–Crippen MR) is 264 cm³/mol. The Kier molecular flexibility index (Phi) is 10.6. The van der Waals surface area contributed by atoms with Gasteiger partial charge in [0.15, 0.2) is 11.6 Å². The average Bonchev–Trinajstić information content (AvgIpc) is 3.74. The maximum absolute atomic E-state index is 15.7. The van der Waals surface area contributed by atoms with Gasteiger partial charge in [0.1, 0.15) is 0 Å². The van der Waals surface area contributed by atoms with Crippen molar-refractivity contribution in [1.82, 2.24) is 24.5 Å². The Morgan fingerprint density at radius 2 is 0.841 bits per heavy atom. The molecule has 8 aromatic carbocycles. The zero-order chi connectivity index (χ0) is 47.1. The van der Waals surface area contributed by atoms with E-state index in [2.05, 4.69) is 12.1 Å². The fourth-order valence-corrected chi connectivity index (χ4v) is 8.86. The molecule has 0 atom stereocenters. The van der Waals surface area contributed by atoms with Gasteiger partial charge in [0.05, 0.1) is 68.3 Å². The van der Waals surface area contributed by atoms with E-state index in [9.17, 15) is 10.5 Å². The van der Waals surface area contributed by atoms with E-state index in [0.717, 1.165) is 45.2 Å². The maximum atomic E-state index is 15.7.